The van der Waals surface area contributed by atoms with Crippen molar-refractivity contribution in [3.8, 4) is 0 Å². The molecule has 3 rings (SSSR count). The number of aromatic nitrogens is 1. The number of pyridine rings is 1. The van der Waals surface area contributed by atoms with Crippen LogP contribution in [0.1, 0.15) is 41.7 Å². The van der Waals surface area contributed by atoms with Gasteiger partial charge in [-0.05, 0) is 56.9 Å². The van der Waals surface area contributed by atoms with Crippen LogP contribution in [0.15, 0.2) is 24.3 Å². The molecule has 1 aromatic carbocycles. The van der Waals surface area contributed by atoms with Gasteiger partial charge in [0.15, 0.2) is 0 Å². The molecule has 0 aliphatic heterocycles. The first kappa shape index (κ1) is 19.6. The molecule has 2 N–H and O–H groups in total. The van der Waals surface area contributed by atoms with Crippen LogP contribution in [-0.4, -0.2) is 42.6 Å². The van der Waals surface area contributed by atoms with Crippen LogP contribution in [-0.2, 0) is 9.53 Å². The van der Waals surface area contributed by atoms with Crippen LogP contribution in [0.4, 0.5) is 0 Å². The van der Waals surface area contributed by atoms with Crippen LogP contribution >= 0.6 is 11.6 Å². The third kappa shape index (κ3) is 4.96. The lowest BCUT2D eigenvalue weighted by atomic mass is 9.90. The number of aryl methyl sites for hydroxylation is 1. The Balaban J connectivity index is 1.72. The van der Waals surface area contributed by atoms with Crippen LogP contribution in [0.2, 0.25) is 5.02 Å². The number of methoxy groups -OCH3 is 1. The van der Waals surface area contributed by atoms with E-state index in [1.807, 2.05) is 13.0 Å². The second kappa shape index (κ2) is 8.67. The van der Waals surface area contributed by atoms with Gasteiger partial charge in [-0.3, -0.25) is 14.6 Å². The minimum atomic E-state index is -0.137. The maximum absolute atomic E-state index is 12.9. The second-order valence-corrected chi connectivity index (χ2v) is 7.44. The van der Waals surface area contributed by atoms with Crippen molar-refractivity contribution in [2.75, 3.05) is 13.7 Å². The van der Waals surface area contributed by atoms with E-state index in [9.17, 15) is 9.59 Å². The highest BCUT2D eigenvalue weighted by Gasteiger charge is 2.25. The van der Waals surface area contributed by atoms with Gasteiger partial charge in [0.1, 0.15) is 6.61 Å². The molecule has 0 radical (unpaired) electrons. The average Bonchev–Trinajstić information content (AvgIpc) is 2.62. The highest BCUT2D eigenvalue weighted by molar-refractivity contribution is 6.31. The van der Waals surface area contributed by atoms with Crippen molar-refractivity contribution >= 4 is 34.3 Å². The Labute approximate surface area is 163 Å². The molecular weight excluding hydrogens is 366 g/mol. The third-order valence-electron chi connectivity index (χ3n) is 4.79. The predicted molar refractivity (Wildman–Crippen MR) is 105 cm³/mol. The zero-order valence-corrected chi connectivity index (χ0v) is 16.3. The summed E-state index contributed by atoms with van der Waals surface area (Å²) in [6.45, 7) is 1.92. The minimum Gasteiger partial charge on any atom is -0.375 e. The van der Waals surface area contributed by atoms with Gasteiger partial charge in [0, 0.05) is 35.3 Å². The van der Waals surface area contributed by atoms with Crippen LogP contribution in [0, 0.1) is 6.92 Å². The average molecular weight is 390 g/mol. The van der Waals surface area contributed by atoms with E-state index in [0.717, 1.165) is 35.9 Å². The highest BCUT2D eigenvalue weighted by Crippen LogP contribution is 2.24. The monoisotopic (exact) mass is 389 g/mol. The molecule has 2 atom stereocenters. The number of benzene rings is 1. The first-order valence-electron chi connectivity index (χ1n) is 9.12. The van der Waals surface area contributed by atoms with Crippen LogP contribution in [0.3, 0.4) is 0 Å². The van der Waals surface area contributed by atoms with E-state index >= 15 is 0 Å². The molecular formula is C20H24ClN3O3. The Morgan fingerprint density at radius 3 is 2.70 bits per heavy atom. The minimum absolute atomic E-state index is 0.0156. The fraction of sp³-hybridized carbons (Fsp3) is 0.450. The molecule has 0 saturated heterocycles. The maximum Gasteiger partial charge on any atom is 0.252 e. The van der Waals surface area contributed by atoms with Crippen molar-refractivity contribution in [1.29, 1.82) is 0 Å². The van der Waals surface area contributed by atoms with Crippen molar-refractivity contribution in [1.82, 2.24) is 15.6 Å². The Bertz CT molecular complexity index is 856. The quantitative estimate of drug-likeness (QED) is 0.823. The van der Waals surface area contributed by atoms with Crippen LogP contribution in [0.25, 0.3) is 10.9 Å². The van der Waals surface area contributed by atoms with E-state index in [-0.39, 0.29) is 30.5 Å². The number of hydrogen-bond acceptors (Lipinski definition) is 4. The van der Waals surface area contributed by atoms with E-state index in [4.69, 9.17) is 16.3 Å². The predicted octanol–water partition coefficient (Wildman–Crippen LogP) is 3.00. The van der Waals surface area contributed by atoms with Gasteiger partial charge in [-0.1, -0.05) is 11.6 Å². The molecule has 1 heterocycles. The number of carbonyl (C=O) groups is 2. The van der Waals surface area contributed by atoms with Gasteiger partial charge >= 0.3 is 0 Å². The van der Waals surface area contributed by atoms with Crippen molar-refractivity contribution in [3.05, 3.63) is 40.5 Å². The molecule has 6 nitrogen and oxygen atoms in total. The second-order valence-electron chi connectivity index (χ2n) is 7.01. The highest BCUT2D eigenvalue weighted by atomic mass is 35.5. The molecule has 0 spiro atoms. The fourth-order valence-corrected chi connectivity index (χ4v) is 3.81. The van der Waals surface area contributed by atoms with Crippen molar-refractivity contribution < 1.29 is 14.3 Å². The normalized spacial score (nSPS) is 19.7. The molecule has 2 aromatic rings. The topological polar surface area (TPSA) is 80.3 Å². The Kier molecular flexibility index (Phi) is 6.29. The van der Waals surface area contributed by atoms with E-state index in [1.54, 1.807) is 18.2 Å². The molecule has 2 amide bonds. The number of fused-ring (bicyclic) bond motifs is 1. The summed E-state index contributed by atoms with van der Waals surface area (Å²) in [5.41, 5.74) is 2.10. The first-order chi connectivity index (χ1) is 13.0. The number of rotatable bonds is 5. The molecule has 7 heteroatoms. The Hall–Kier alpha value is -2.18. The van der Waals surface area contributed by atoms with Gasteiger partial charge in [-0.15, -0.1) is 0 Å². The van der Waals surface area contributed by atoms with Crippen molar-refractivity contribution in [3.63, 3.8) is 0 Å². The van der Waals surface area contributed by atoms with Gasteiger partial charge in [-0.25, -0.2) is 0 Å². The van der Waals surface area contributed by atoms with Gasteiger partial charge in [0.25, 0.3) is 5.91 Å². The fourth-order valence-electron chi connectivity index (χ4n) is 3.63. The largest absolute Gasteiger partial charge is 0.375 e. The number of halogens is 1. The summed E-state index contributed by atoms with van der Waals surface area (Å²) >= 11 is 6.11. The SMILES string of the molecule is COCC(=O)N[C@@H]1CCC[C@@H](NC(=O)c2cc(C)nc3ccc(Cl)cc23)C1. The summed E-state index contributed by atoms with van der Waals surface area (Å²) < 4.78 is 4.86. The van der Waals surface area contributed by atoms with Gasteiger partial charge in [0.05, 0.1) is 11.1 Å². The van der Waals surface area contributed by atoms with E-state index in [1.165, 1.54) is 7.11 Å². The summed E-state index contributed by atoms with van der Waals surface area (Å²) in [5, 5.41) is 7.40. The Morgan fingerprint density at radius 1 is 1.22 bits per heavy atom. The summed E-state index contributed by atoms with van der Waals surface area (Å²) in [6.07, 6.45) is 3.47. The molecule has 0 unspecified atom stereocenters. The van der Waals surface area contributed by atoms with E-state index < -0.39 is 0 Å². The van der Waals surface area contributed by atoms with Gasteiger partial charge < -0.3 is 15.4 Å². The van der Waals surface area contributed by atoms with Gasteiger partial charge in [0.2, 0.25) is 5.91 Å². The maximum atomic E-state index is 12.9. The lowest BCUT2D eigenvalue weighted by Gasteiger charge is -2.30. The first-order valence-corrected chi connectivity index (χ1v) is 9.50. The zero-order valence-electron chi connectivity index (χ0n) is 15.5. The van der Waals surface area contributed by atoms with E-state index in [2.05, 4.69) is 15.6 Å². The van der Waals surface area contributed by atoms with Crippen molar-refractivity contribution in [2.45, 2.75) is 44.7 Å². The molecule has 27 heavy (non-hydrogen) atoms. The lowest BCUT2D eigenvalue weighted by Crippen LogP contribution is -2.46. The summed E-state index contributed by atoms with van der Waals surface area (Å²) in [5.74, 6) is -0.262. The molecule has 0 bridgehead atoms. The van der Waals surface area contributed by atoms with Crippen molar-refractivity contribution in [2.24, 2.45) is 0 Å². The summed E-state index contributed by atoms with van der Waals surface area (Å²) in [6, 6.07) is 7.22. The summed E-state index contributed by atoms with van der Waals surface area (Å²) in [7, 11) is 1.50. The number of amides is 2. The van der Waals surface area contributed by atoms with Gasteiger partial charge in [-0.2, -0.15) is 0 Å². The third-order valence-corrected chi connectivity index (χ3v) is 5.03. The molecule has 1 aromatic heterocycles. The lowest BCUT2D eigenvalue weighted by molar-refractivity contribution is -0.125. The standard InChI is InChI=1S/C20H24ClN3O3/c1-12-8-17(16-9-13(21)6-7-18(16)22-12)20(26)24-15-5-3-4-14(10-15)23-19(25)11-27-2/h6-9,14-15H,3-5,10-11H2,1-2H3,(H,23,25)(H,24,26)/t14-,15-/m1/s1. The smallest absolute Gasteiger partial charge is 0.252 e. The zero-order chi connectivity index (χ0) is 19.4. The number of nitrogens with one attached hydrogen (secondary N) is 2. The number of carbonyl (C=O) groups excluding carboxylic acids is 2. The Morgan fingerprint density at radius 2 is 1.96 bits per heavy atom. The summed E-state index contributed by atoms with van der Waals surface area (Å²) in [4.78, 5) is 29.1. The molecule has 1 saturated carbocycles. The molecule has 1 aliphatic rings. The van der Waals surface area contributed by atoms with E-state index in [0.29, 0.717) is 17.0 Å². The molecule has 1 aliphatic carbocycles. The number of nitrogens with zero attached hydrogens (tertiary/aromatic N) is 1. The molecule has 144 valence electrons. The number of hydrogen-bond donors (Lipinski definition) is 2. The van der Waals surface area contributed by atoms with Crippen LogP contribution < -0.4 is 10.6 Å². The number of ether oxygens (including phenoxy) is 1. The molecule has 1 fully saturated rings. The van der Waals surface area contributed by atoms with Crippen LogP contribution in [0.5, 0.6) is 0 Å².